The van der Waals surface area contributed by atoms with E-state index in [1.165, 1.54) is 11.8 Å². The third-order valence-corrected chi connectivity index (χ3v) is 4.23. The number of halogens is 1. The van der Waals surface area contributed by atoms with Gasteiger partial charge >= 0.3 is 0 Å². The van der Waals surface area contributed by atoms with Gasteiger partial charge < -0.3 is 5.73 Å². The maximum absolute atomic E-state index is 7.30. The number of hydrogen-bond donors (Lipinski definition) is 2. The number of thiazole rings is 1. The number of nitrogens with zero attached hydrogens (tertiary/aromatic N) is 1. The Labute approximate surface area is 106 Å². The summed E-state index contributed by atoms with van der Waals surface area (Å²) in [5.41, 5.74) is 6.01. The van der Waals surface area contributed by atoms with E-state index < -0.39 is 0 Å². The van der Waals surface area contributed by atoms with Crippen molar-refractivity contribution in [3.05, 3.63) is 40.4 Å². The van der Waals surface area contributed by atoms with Crippen LogP contribution in [0.3, 0.4) is 0 Å². The van der Waals surface area contributed by atoms with E-state index in [2.05, 4.69) is 4.98 Å². The molecule has 0 saturated carbocycles. The van der Waals surface area contributed by atoms with Crippen LogP contribution in [0.1, 0.15) is 5.56 Å². The minimum absolute atomic E-state index is 0.0210. The van der Waals surface area contributed by atoms with Gasteiger partial charge in [-0.25, -0.2) is 4.98 Å². The second kappa shape index (κ2) is 4.86. The second-order valence-corrected chi connectivity index (χ2v) is 5.55. The van der Waals surface area contributed by atoms with Crippen LogP contribution in [0.15, 0.2) is 39.0 Å². The molecule has 0 bridgehead atoms. The summed E-state index contributed by atoms with van der Waals surface area (Å²) in [6.07, 6.45) is 1.75. The third kappa shape index (κ3) is 2.55. The summed E-state index contributed by atoms with van der Waals surface area (Å²) in [5, 5.41) is 9.81. The lowest BCUT2D eigenvalue weighted by atomic mass is 10.2. The molecule has 6 heteroatoms. The molecular weight excluding hydrogens is 262 g/mol. The van der Waals surface area contributed by atoms with Gasteiger partial charge in [0.1, 0.15) is 5.84 Å². The summed E-state index contributed by atoms with van der Waals surface area (Å²) in [6.45, 7) is 0. The van der Waals surface area contributed by atoms with Gasteiger partial charge in [0, 0.05) is 22.0 Å². The van der Waals surface area contributed by atoms with Gasteiger partial charge in [-0.05, 0) is 12.1 Å². The Balaban J connectivity index is 2.26. The van der Waals surface area contributed by atoms with Crippen LogP contribution < -0.4 is 5.73 Å². The zero-order valence-electron chi connectivity index (χ0n) is 8.11. The van der Waals surface area contributed by atoms with E-state index >= 15 is 0 Å². The number of rotatable bonds is 3. The highest BCUT2D eigenvalue weighted by molar-refractivity contribution is 8.01. The summed E-state index contributed by atoms with van der Waals surface area (Å²) in [5.74, 6) is 0.0210. The van der Waals surface area contributed by atoms with E-state index in [1.807, 2.05) is 11.4 Å². The minimum atomic E-state index is 0.0210. The third-order valence-electron chi connectivity index (χ3n) is 1.85. The van der Waals surface area contributed by atoms with Crippen LogP contribution >= 0.6 is 34.7 Å². The average molecular weight is 270 g/mol. The summed E-state index contributed by atoms with van der Waals surface area (Å²) in [4.78, 5) is 5.08. The Bertz CT molecular complexity index is 511. The molecule has 2 rings (SSSR count). The molecule has 0 saturated heterocycles. The van der Waals surface area contributed by atoms with Gasteiger partial charge in [-0.3, -0.25) is 5.41 Å². The van der Waals surface area contributed by atoms with Crippen molar-refractivity contribution in [2.75, 3.05) is 0 Å². The van der Waals surface area contributed by atoms with Crippen LogP contribution in [-0.4, -0.2) is 10.8 Å². The molecule has 16 heavy (non-hydrogen) atoms. The van der Waals surface area contributed by atoms with Crippen molar-refractivity contribution in [1.82, 2.24) is 4.98 Å². The van der Waals surface area contributed by atoms with Gasteiger partial charge in [-0.1, -0.05) is 29.4 Å². The summed E-state index contributed by atoms with van der Waals surface area (Å²) in [7, 11) is 0. The summed E-state index contributed by atoms with van der Waals surface area (Å²) < 4.78 is 0.942. The number of amidine groups is 1. The standard InChI is InChI=1S/C10H8ClN3S2/c11-7-5-6(9(12)13)1-2-8(7)16-10-14-3-4-15-10/h1-5H,(H3,12,13). The highest BCUT2D eigenvalue weighted by Crippen LogP contribution is 2.34. The fraction of sp³-hybridized carbons (Fsp3) is 0. The molecule has 1 aromatic carbocycles. The average Bonchev–Trinajstić information content (AvgIpc) is 2.73. The molecule has 82 valence electrons. The number of nitrogens with one attached hydrogen (secondary N) is 1. The molecule has 0 spiro atoms. The van der Waals surface area contributed by atoms with E-state index in [4.69, 9.17) is 22.7 Å². The lowest BCUT2D eigenvalue weighted by Crippen LogP contribution is -2.10. The fourth-order valence-electron chi connectivity index (χ4n) is 1.11. The maximum atomic E-state index is 7.30. The molecule has 3 nitrogen and oxygen atoms in total. The van der Waals surface area contributed by atoms with Gasteiger partial charge in [0.05, 0.1) is 5.02 Å². The van der Waals surface area contributed by atoms with E-state index in [9.17, 15) is 0 Å². The van der Waals surface area contributed by atoms with Crippen LogP contribution in [-0.2, 0) is 0 Å². The van der Waals surface area contributed by atoms with Gasteiger partial charge in [-0.2, -0.15) is 0 Å². The number of aromatic nitrogens is 1. The lowest BCUT2D eigenvalue weighted by Gasteiger charge is -2.04. The van der Waals surface area contributed by atoms with Crippen molar-refractivity contribution in [2.24, 2.45) is 5.73 Å². The molecule has 3 N–H and O–H groups in total. The Morgan fingerprint density at radius 2 is 2.31 bits per heavy atom. The zero-order chi connectivity index (χ0) is 11.5. The van der Waals surface area contributed by atoms with Crippen molar-refractivity contribution in [1.29, 1.82) is 5.41 Å². The molecule has 0 aliphatic rings. The molecule has 2 aromatic rings. The number of benzene rings is 1. The SMILES string of the molecule is N=C(N)c1ccc(Sc2nccs2)c(Cl)c1. The maximum Gasteiger partial charge on any atom is 0.154 e. The second-order valence-electron chi connectivity index (χ2n) is 2.96. The molecule has 0 unspecified atom stereocenters. The molecule has 0 aliphatic heterocycles. The minimum Gasteiger partial charge on any atom is -0.384 e. The number of nitrogen functional groups attached to an aromatic ring is 1. The summed E-state index contributed by atoms with van der Waals surface area (Å²) in [6, 6.07) is 5.33. The first kappa shape index (κ1) is 11.4. The first-order chi connectivity index (χ1) is 7.66. The Morgan fingerprint density at radius 1 is 1.50 bits per heavy atom. The Kier molecular flexibility index (Phi) is 3.48. The van der Waals surface area contributed by atoms with Crippen molar-refractivity contribution in [3.8, 4) is 0 Å². The van der Waals surface area contributed by atoms with E-state index in [0.717, 1.165) is 9.24 Å². The van der Waals surface area contributed by atoms with Crippen LogP contribution in [0, 0.1) is 5.41 Å². The number of nitrogens with two attached hydrogens (primary N) is 1. The predicted octanol–water partition coefficient (Wildman–Crippen LogP) is 3.23. The predicted molar refractivity (Wildman–Crippen MR) is 68.7 cm³/mol. The Hall–Kier alpha value is -1.04. The normalized spacial score (nSPS) is 10.3. The van der Waals surface area contributed by atoms with Crippen molar-refractivity contribution >= 4 is 40.5 Å². The molecule has 0 atom stereocenters. The van der Waals surface area contributed by atoms with Gasteiger partial charge in [-0.15, -0.1) is 11.3 Å². The van der Waals surface area contributed by atoms with Crippen molar-refractivity contribution in [3.63, 3.8) is 0 Å². The van der Waals surface area contributed by atoms with Crippen LogP contribution in [0.2, 0.25) is 5.02 Å². The highest BCUT2D eigenvalue weighted by Gasteiger charge is 2.06. The molecule has 1 heterocycles. The van der Waals surface area contributed by atoms with Gasteiger partial charge in [0.15, 0.2) is 4.34 Å². The molecule has 0 aliphatic carbocycles. The van der Waals surface area contributed by atoms with E-state index in [1.54, 1.807) is 29.7 Å². The quantitative estimate of drug-likeness (QED) is 0.664. The smallest absolute Gasteiger partial charge is 0.154 e. The zero-order valence-corrected chi connectivity index (χ0v) is 10.5. The summed E-state index contributed by atoms with van der Waals surface area (Å²) >= 11 is 9.16. The fourth-order valence-corrected chi connectivity index (χ4v) is 2.98. The van der Waals surface area contributed by atoms with E-state index in [0.29, 0.717) is 10.6 Å². The van der Waals surface area contributed by atoms with Crippen molar-refractivity contribution < 1.29 is 0 Å². The Morgan fingerprint density at radius 3 is 2.88 bits per heavy atom. The van der Waals surface area contributed by atoms with E-state index in [-0.39, 0.29) is 5.84 Å². The van der Waals surface area contributed by atoms with Gasteiger partial charge in [0.25, 0.3) is 0 Å². The first-order valence-corrected chi connectivity index (χ1v) is 6.45. The molecule has 0 amide bonds. The van der Waals surface area contributed by atoms with Gasteiger partial charge in [0.2, 0.25) is 0 Å². The van der Waals surface area contributed by atoms with Crippen LogP contribution in [0.5, 0.6) is 0 Å². The highest BCUT2D eigenvalue weighted by atomic mass is 35.5. The molecule has 0 fully saturated rings. The molecule has 1 aromatic heterocycles. The topological polar surface area (TPSA) is 62.8 Å². The monoisotopic (exact) mass is 269 g/mol. The van der Waals surface area contributed by atoms with Crippen molar-refractivity contribution in [2.45, 2.75) is 9.24 Å². The van der Waals surface area contributed by atoms with Crippen LogP contribution in [0.4, 0.5) is 0 Å². The molecular formula is C10H8ClN3S2. The number of hydrogen-bond acceptors (Lipinski definition) is 4. The van der Waals surface area contributed by atoms with Crippen LogP contribution in [0.25, 0.3) is 0 Å². The lowest BCUT2D eigenvalue weighted by molar-refractivity contribution is 1.24. The molecule has 0 radical (unpaired) electrons. The first-order valence-electron chi connectivity index (χ1n) is 4.38. The largest absolute Gasteiger partial charge is 0.384 e.